The number of carbonyl (C=O) groups is 2. The second-order valence-corrected chi connectivity index (χ2v) is 6.75. The number of phenols is 1. The van der Waals surface area contributed by atoms with Crippen molar-refractivity contribution in [1.82, 2.24) is 10.2 Å². The van der Waals surface area contributed by atoms with Gasteiger partial charge in [-0.1, -0.05) is 30.3 Å². The van der Waals surface area contributed by atoms with E-state index in [1.54, 1.807) is 17.0 Å². The second kappa shape index (κ2) is 9.23. The molecule has 28 heavy (non-hydrogen) atoms. The lowest BCUT2D eigenvalue weighted by Gasteiger charge is -2.37. The molecular formula is C21H24N2O5. The Labute approximate surface area is 163 Å². The molecule has 0 saturated carbocycles. The summed E-state index contributed by atoms with van der Waals surface area (Å²) in [4.78, 5) is 26.3. The van der Waals surface area contributed by atoms with E-state index in [0.29, 0.717) is 18.7 Å². The number of aromatic hydroxyl groups is 1. The first-order valence-electron chi connectivity index (χ1n) is 9.19. The average Bonchev–Trinajstić information content (AvgIpc) is 2.72. The number of nitrogens with one attached hydrogen (secondary N) is 1. The van der Waals surface area contributed by atoms with Crippen molar-refractivity contribution >= 4 is 12.0 Å². The van der Waals surface area contributed by atoms with E-state index in [2.05, 4.69) is 5.32 Å². The van der Waals surface area contributed by atoms with E-state index in [4.69, 9.17) is 9.47 Å². The molecule has 0 aromatic heterocycles. The Hall–Kier alpha value is -3.06. The lowest BCUT2D eigenvalue weighted by atomic mass is 10.2. The number of phenolic OH excluding ortho intramolecular Hbond substituents is 1. The van der Waals surface area contributed by atoms with Crippen LogP contribution < -0.4 is 5.32 Å². The molecule has 2 aromatic carbocycles. The van der Waals surface area contributed by atoms with Crippen molar-refractivity contribution < 1.29 is 24.2 Å². The maximum Gasteiger partial charge on any atom is 0.410 e. The lowest BCUT2D eigenvalue weighted by Crippen LogP contribution is -2.53. The summed E-state index contributed by atoms with van der Waals surface area (Å²) in [5, 5.41) is 12.1. The minimum absolute atomic E-state index is 0.103. The number of nitrogens with zero attached hydrogens (tertiary/aromatic N) is 1. The van der Waals surface area contributed by atoms with Crippen molar-refractivity contribution in [3.8, 4) is 5.75 Å². The fourth-order valence-corrected chi connectivity index (χ4v) is 2.92. The molecule has 1 fully saturated rings. The molecule has 0 spiro atoms. The first kappa shape index (κ1) is 19.7. The molecule has 0 aliphatic carbocycles. The van der Waals surface area contributed by atoms with E-state index in [1.807, 2.05) is 37.3 Å². The maximum absolute atomic E-state index is 12.5. The molecule has 1 aliphatic rings. The zero-order chi connectivity index (χ0) is 19.9. The van der Waals surface area contributed by atoms with Crippen molar-refractivity contribution in [1.29, 1.82) is 0 Å². The summed E-state index contributed by atoms with van der Waals surface area (Å²) in [5.41, 5.74) is 1.37. The number of rotatable bonds is 5. The van der Waals surface area contributed by atoms with Gasteiger partial charge >= 0.3 is 6.09 Å². The summed E-state index contributed by atoms with van der Waals surface area (Å²) in [5.74, 6) is -0.161. The number of morpholine rings is 1. The summed E-state index contributed by atoms with van der Waals surface area (Å²) < 4.78 is 11.1. The Balaban J connectivity index is 1.49. The average molecular weight is 384 g/mol. The van der Waals surface area contributed by atoms with Gasteiger partial charge in [-0.2, -0.15) is 0 Å². The normalized spacial score (nSPS) is 19.1. The number of amides is 2. The quantitative estimate of drug-likeness (QED) is 0.827. The predicted molar refractivity (Wildman–Crippen MR) is 103 cm³/mol. The third-order valence-electron chi connectivity index (χ3n) is 4.56. The molecule has 7 nitrogen and oxygen atoms in total. The molecule has 1 aliphatic heterocycles. The summed E-state index contributed by atoms with van der Waals surface area (Å²) in [6.07, 6.45) is -0.712. The van der Waals surface area contributed by atoms with Gasteiger partial charge in [-0.05, 0) is 36.8 Å². The zero-order valence-corrected chi connectivity index (χ0v) is 15.7. The maximum atomic E-state index is 12.5. The molecule has 148 valence electrons. The van der Waals surface area contributed by atoms with Crippen LogP contribution in [0.5, 0.6) is 5.75 Å². The van der Waals surface area contributed by atoms with Gasteiger partial charge in [-0.25, -0.2) is 4.79 Å². The lowest BCUT2D eigenvalue weighted by molar-refractivity contribution is -0.0524. The van der Waals surface area contributed by atoms with Crippen molar-refractivity contribution in [3.05, 3.63) is 65.7 Å². The van der Waals surface area contributed by atoms with Crippen molar-refractivity contribution in [3.63, 3.8) is 0 Å². The first-order valence-corrected chi connectivity index (χ1v) is 9.19. The van der Waals surface area contributed by atoms with Crippen molar-refractivity contribution in [2.24, 2.45) is 0 Å². The predicted octanol–water partition coefficient (Wildman–Crippen LogP) is 2.55. The van der Waals surface area contributed by atoms with Gasteiger partial charge in [0.05, 0.1) is 25.3 Å². The molecular weight excluding hydrogens is 360 g/mol. The van der Waals surface area contributed by atoms with E-state index in [1.165, 1.54) is 12.1 Å². The SMILES string of the molecule is C[C@H]1CO[C@H](CNC(=O)c2ccc(O)cc2)CN1C(=O)OCc1ccccc1. The fourth-order valence-electron chi connectivity index (χ4n) is 2.92. The van der Waals surface area contributed by atoms with Crippen LogP contribution in [0.4, 0.5) is 4.79 Å². The van der Waals surface area contributed by atoms with Crippen LogP contribution >= 0.6 is 0 Å². The van der Waals surface area contributed by atoms with Gasteiger partial charge in [-0.3, -0.25) is 4.79 Å². The van der Waals surface area contributed by atoms with Gasteiger partial charge in [0.1, 0.15) is 12.4 Å². The van der Waals surface area contributed by atoms with Crippen LogP contribution in [0, 0.1) is 0 Å². The molecule has 1 saturated heterocycles. The van der Waals surface area contributed by atoms with Gasteiger partial charge in [0, 0.05) is 12.1 Å². The molecule has 0 bridgehead atoms. The van der Waals surface area contributed by atoms with Crippen LogP contribution in [0.1, 0.15) is 22.8 Å². The molecule has 2 aromatic rings. The van der Waals surface area contributed by atoms with E-state index >= 15 is 0 Å². The Morgan fingerprint density at radius 1 is 1.18 bits per heavy atom. The van der Waals surface area contributed by atoms with Gasteiger partial charge in [0.2, 0.25) is 0 Å². The smallest absolute Gasteiger partial charge is 0.410 e. The van der Waals surface area contributed by atoms with Gasteiger partial charge in [0.25, 0.3) is 5.91 Å². The van der Waals surface area contributed by atoms with Crippen LogP contribution in [0.25, 0.3) is 0 Å². The molecule has 3 rings (SSSR count). The standard InChI is InChI=1S/C21H24N2O5/c1-15-13-27-19(11-22-20(25)17-7-9-18(24)10-8-17)12-23(15)21(26)28-14-16-5-3-2-4-6-16/h2-10,15,19,24H,11-14H2,1H3,(H,22,25)/t15-,19+/m0/s1. The van der Waals surface area contributed by atoms with Gasteiger partial charge in [0.15, 0.2) is 0 Å². The number of carbonyl (C=O) groups excluding carboxylic acids is 2. The Morgan fingerprint density at radius 3 is 2.61 bits per heavy atom. The second-order valence-electron chi connectivity index (χ2n) is 6.75. The molecule has 7 heteroatoms. The number of ether oxygens (including phenoxy) is 2. The van der Waals surface area contributed by atoms with Crippen LogP contribution in [-0.2, 0) is 16.1 Å². The molecule has 2 N–H and O–H groups in total. The summed E-state index contributed by atoms with van der Waals surface area (Å²) in [7, 11) is 0. The third-order valence-corrected chi connectivity index (χ3v) is 4.56. The highest BCUT2D eigenvalue weighted by atomic mass is 16.6. The van der Waals surface area contributed by atoms with Crippen LogP contribution in [0.15, 0.2) is 54.6 Å². The van der Waals surface area contributed by atoms with Crippen LogP contribution in [0.2, 0.25) is 0 Å². The van der Waals surface area contributed by atoms with Crippen molar-refractivity contribution in [2.75, 3.05) is 19.7 Å². The summed E-state index contributed by atoms with van der Waals surface area (Å²) >= 11 is 0. The summed E-state index contributed by atoms with van der Waals surface area (Å²) in [6.45, 7) is 3.10. The Bertz CT molecular complexity index is 794. The highest BCUT2D eigenvalue weighted by molar-refractivity contribution is 5.94. The number of benzene rings is 2. The van der Waals surface area contributed by atoms with E-state index < -0.39 is 6.09 Å². The van der Waals surface area contributed by atoms with Crippen LogP contribution in [0.3, 0.4) is 0 Å². The molecule has 0 radical (unpaired) electrons. The first-order chi connectivity index (χ1) is 13.5. The Morgan fingerprint density at radius 2 is 1.89 bits per heavy atom. The van der Waals surface area contributed by atoms with Crippen LogP contribution in [-0.4, -0.2) is 53.8 Å². The monoisotopic (exact) mass is 384 g/mol. The summed E-state index contributed by atoms with van der Waals surface area (Å²) in [6, 6.07) is 15.4. The zero-order valence-electron chi connectivity index (χ0n) is 15.7. The molecule has 0 unspecified atom stereocenters. The number of hydrogen-bond acceptors (Lipinski definition) is 5. The van der Waals surface area contributed by atoms with Gasteiger partial charge < -0.3 is 24.8 Å². The minimum atomic E-state index is -0.394. The van der Waals surface area contributed by atoms with E-state index in [-0.39, 0.29) is 37.0 Å². The molecule has 2 amide bonds. The van der Waals surface area contributed by atoms with E-state index in [0.717, 1.165) is 5.56 Å². The largest absolute Gasteiger partial charge is 0.508 e. The van der Waals surface area contributed by atoms with E-state index in [9.17, 15) is 14.7 Å². The topological polar surface area (TPSA) is 88.1 Å². The third kappa shape index (κ3) is 5.23. The Kier molecular flexibility index (Phi) is 6.49. The van der Waals surface area contributed by atoms with Crippen molar-refractivity contribution in [2.45, 2.75) is 25.7 Å². The number of hydrogen-bond donors (Lipinski definition) is 2. The highest BCUT2D eigenvalue weighted by Crippen LogP contribution is 2.14. The molecule has 1 heterocycles. The minimum Gasteiger partial charge on any atom is -0.508 e. The fraction of sp³-hybridized carbons (Fsp3) is 0.333. The molecule has 2 atom stereocenters. The van der Waals surface area contributed by atoms with Gasteiger partial charge in [-0.15, -0.1) is 0 Å². The highest BCUT2D eigenvalue weighted by Gasteiger charge is 2.31.